The predicted molar refractivity (Wildman–Crippen MR) is 85.4 cm³/mol. The van der Waals surface area contributed by atoms with Crippen LogP contribution in [0.4, 0.5) is 4.79 Å². The number of rotatable bonds is 3. The first kappa shape index (κ1) is 14.6. The molecule has 22 heavy (non-hydrogen) atoms. The molecule has 1 N–H and O–H groups in total. The quantitative estimate of drug-likeness (QED) is 0.946. The molecule has 0 radical (unpaired) electrons. The Balaban J connectivity index is 1.66. The van der Waals surface area contributed by atoms with Crippen molar-refractivity contribution in [1.82, 2.24) is 10.2 Å². The van der Waals surface area contributed by atoms with E-state index in [1.165, 1.54) is 0 Å². The highest BCUT2D eigenvalue weighted by Crippen LogP contribution is 2.23. The first-order valence-electron chi connectivity index (χ1n) is 7.55. The van der Waals surface area contributed by atoms with Crippen molar-refractivity contribution in [2.24, 2.45) is 0 Å². The van der Waals surface area contributed by atoms with Crippen LogP contribution in [-0.2, 0) is 11.3 Å². The number of nitrogens with one attached hydrogen (secondary N) is 1. The number of ether oxygens (including phenoxy) is 1. The minimum absolute atomic E-state index is 0.0225. The van der Waals surface area contributed by atoms with Crippen molar-refractivity contribution >= 4 is 6.03 Å². The molecular weight excluding hydrogens is 276 g/mol. The second-order valence-corrected chi connectivity index (χ2v) is 5.34. The van der Waals surface area contributed by atoms with Gasteiger partial charge in [0.2, 0.25) is 0 Å². The Morgan fingerprint density at radius 2 is 1.77 bits per heavy atom. The highest BCUT2D eigenvalue weighted by Gasteiger charge is 2.28. The van der Waals surface area contributed by atoms with Crippen molar-refractivity contribution in [3.8, 4) is 0 Å². The van der Waals surface area contributed by atoms with Crippen molar-refractivity contribution in [2.45, 2.75) is 12.6 Å². The van der Waals surface area contributed by atoms with E-state index in [9.17, 15) is 4.79 Å². The van der Waals surface area contributed by atoms with E-state index in [1.54, 1.807) is 0 Å². The summed E-state index contributed by atoms with van der Waals surface area (Å²) in [6.45, 7) is 2.28. The van der Waals surface area contributed by atoms with E-state index in [4.69, 9.17) is 4.74 Å². The van der Waals surface area contributed by atoms with E-state index in [1.807, 2.05) is 65.6 Å². The average Bonchev–Trinajstić information content (AvgIpc) is 2.61. The molecule has 1 saturated heterocycles. The summed E-state index contributed by atoms with van der Waals surface area (Å²) < 4.78 is 5.56. The van der Waals surface area contributed by atoms with Crippen LogP contribution in [-0.4, -0.2) is 30.7 Å². The molecule has 1 heterocycles. The summed E-state index contributed by atoms with van der Waals surface area (Å²) in [7, 11) is 0. The van der Waals surface area contributed by atoms with E-state index in [2.05, 4.69) is 5.32 Å². The molecule has 2 amide bonds. The second-order valence-electron chi connectivity index (χ2n) is 5.34. The van der Waals surface area contributed by atoms with Gasteiger partial charge in [0.05, 0.1) is 19.3 Å². The summed E-state index contributed by atoms with van der Waals surface area (Å²) >= 11 is 0. The molecule has 0 saturated carbocycles. The molecular formula is C18H20N2O2. The Morgan fingerprint density at radius 1 is 1.09 bits per heavy atom. The van der Waals surface area contributed by atoms with Gasteiger partial charge in [-0.15, -0.1) is 0 Å². The molecule has 3 rings (SSSR count). The van der Waals surface area contributed by atoms with E-state index < -0.39 is 0 Å². The zero-order valence-electron chi connectivity index (χ0n) is 12.4. The van der Waals surface area contributed by atoms with E-state index in [-0.39, 0.29) is 12.1 Å². The third-order valence-corrected chi connectivity index (χ3v) is 3.86. The lowest BCUT2D eigenvalue weighted by molar-refractivity contribution is 0.0116. The topological polar surface area (TPSA) is 41.6 Å². The Kier molecular flexibility index (Phi) is 4.71. The standard InChI is InChI=1S/C18H20N2O2/c21-18(19-13-15-7-3-1-4-8-15)20-11-12-22-14-17(20)16-9-5-2-6-10-16/h1-10,17H,11-14H2,(H,19,21). The molecule has 2 aromatic carbocycles. The van der Waals surface area contributed by atoms with Gasteiger partial charge in [0.15, 0.2) is 0 Å². The van der Waals surface area contributed by atoms with Crippen molar-refractivity contribution in [1.29, 1.82) is 0 Å². The van der Waals surface area contributed by atoms with Gasteiger partial charge in [-0.25, -0.2) is 4.79 Å². The molecule has 0 bridgehead atoms. The molecule has 1 aliphatic heterocycles. The van der Waals surface area contributed by atoms with E-state index >= 15 is 0 Å². The lowest BCUT2D eigenvalue weighted by Gasteiger charge is -2.35. The Labute approximate surface area is 130 Å². The van der Waals surface area contributed by atoms with Gasteiger partial charge in [-0.3, -0.25) is 0 Å². The van der Waals surface area contributed by atoms with Crippen LogP contribution in [0.2, 0.25) is 0 Å². The largest absolute Gasteiger partial charge is 0.377 e. The molecule has 0 aromatic heterocycles. The van der Waals surface area contributed by atoms with Gasteiger partial charge in [-0.05, 0) is 11.1 Å². The number of hydrogen-bond donors (Lipinski definition) is 1. The van der Waals surface area contributed by atoms with Crippen molar-refractivity contribution in [3.63, 3.8) is 0 Å². The van der Waals surface area contributed by atoms with Crippen LogP contribution in [0.1, 0.15) is 17.2 Å². The SMILES string of the molecule is O=C(NCc1ccccc1)N1CCOCC1c1ccccc1. The zero-order chi connectivity index (χ0) is 15.2. The molecule has 1 atom stereocenters. The minimum Gasteiger partial charge on any atom is -0.377 e. The number of amides is 2. The van der Waals surface area contributed by atoms with Gasteiger partial charge in [0, 0.05) is 13.1 Å². The predicted octanol–water partition coefficient (Wildman–Crippen LogP) is 2.97. The van der Waals surface area contributed by atoms with E-state index in [0.29, 0.717) is 26.3 Å². The summed E-state index contributed by atoms with van der Waals surface area (Å²) in [6.07, 6.45) is 0. The number of nitrogens with zero attached hydrogens (tertiary/aromatic N) is 1. The molecule has 2 aromatic rings. The molecule has 4 nitrogen and oxygen atoms in total. The summed E-state index contributed by atoms with van der Waals surface area (Å²) in [6, 6.07) is 19.9. The van der Waals surface area contributed by atoms with E-state index in [0.717, 1.165) is 11.1 Å². The third kappa shape index (κ3) is 3.46. The van der Waals surface area contributed by atoms with Gasteiger partial charge >= 0.3 is 6.03 Å². The van der Waals surface area contributed by atoms with Crippen LogP contribution in [0.3, 0.4) is 0 Å². The molecule has 0 aliphatic carbocycles. The van der Waals surface area contributed by atoms with Crippen molar-refractivity contribution < 1.29 is 9.53 Å². The first-order valence-corrected chi connectivity index (χ1v) is 7.55. The molecule has 0 spiro atoms. The number of morpholine rings is 1. The number of hydrogen-bond acceptors (Lipinski definition) is 2. The normalized spacial score (nSPS) is 18.0. The lowest BCUT2D eigenvalue weighted by atomic mass is 10.1. The Bertz CT molecular complexity index is 601. The van der Waals surface area contributed by atoms with Crippen molar-refractivity contribution in [3.05, 3.63) is 71.8 Å². The van der Waals surface area contributed by atoms with Crippen LogP contribution in [0, 0.1) is 0 Å². The number of carbonyl (C=O) groups is 1. The molecule has 4 heteroatoms. The summed E-state index contributed by atoms with van der Waals surface area (Å²) in [5, 5.41) is 3.00. The molecule has 1 unspecified atom stereocenters. The number of benzene rings is 2. The molecule has 114 valence electrons. The summed E-state index contributed by atoms with van der Waals surface area (Å²) in [5.41, 5.74) is 2.21. The highest BCUT2D eigenvalue weighted by molar-refractivity contribution is 5.75. The van der Waals surface area contributed by atoms with Crippen LogP contribution >= 0.6 is 0 Å². The van der Waals surface area contributed by atoms with Crippen LogP contribution in [0.5, 0.6) is 0 Å². The fourth-order valence-corrected chi connectivity index (χ4v) is 2.67. The zero-order valence-corrected chi connectivity index (χ0v) is 12.4. The lowest BCUT2D eigenvalue weighted by Crippen LogP contribution is -2.47. The van der Waals surface area contributed by atoms with Gasteiger partial charge in [0.1, 0.15) is 0 Å². The Hall–Kier alpha value is -2.33. The Morgan fingerprint density at radius 3 is 2.50 bits per heavy atom. The van der Waals surface area contributed by atoms with Crippen LogP contribution < -0.4 is 5.32 Å². The van der Waals surface area contributed by atoms with Crippen molar-refractivity contribution in [2.75, 3.05) is 19.8 Å². The number of carbonyl (C=O) groups excluding carboxylic acids is 1. The van der Waals surface area contributed by atoms with Gasteiger partial charge in [0.25, 0.3) is 0 Å². The number of urea groups is 1. The van der Waals surface area contributed by atoms with Crippen LogP contribution in [0.15, 0.2) is 60.7 Å². The average molecular weight is 296 g/mol. The molecule has 1 aliphatic rings. The maximum Gasteiger partial charge on any atom is 0.318 e. The monoisotopic (exact) mass is 296 g/mol. The first-order chi connectivity index (χ1) is 10.8. The smallest absolute Gasteiger partial charge is 0.318 e. The minimum atomic E-state index is -0.0407. The summed E-state index contributed by atoms with van der Waals surface area (Å²) in [4.78, 5) is 14.4. The second kappa shape index (κ2) is 7.09. The van der Waals surface area contributed by atoms with Crippen LogP contribution in [0.25, 0.3) is 0 Å². The van der Waals surface area contributed by atoms with Gasteiger partial charge in [-0.1, -0.05) is 60.7 Å². The fraction of sp³-hybridized carbons (Fsp3) is 0.278. The fourth-order valence-electron chi connectivity index (χ4n) is 2.67. The third-order valence-electron chi connectivity index (χ3n) is 3.86. The van der Waals surface area contributed by atoms with Gasteiger partial charge < -0.3 is 15.0 Å². The maximum absolute atomic E-state index is 12.5. The highest BCUT2D eigenvalue weighted by atomic mass is 16.5. The maximum atomic E-state index is 12.5. The summed E-state index contributed by atoms with van der Waals surface area (Å²) in [5.74, 6) is 0. The van der Waals surface area contributed by atoms with Gasteiger partial charge in [-0.2, -0.15) is 0 Å². The molecule has 1 fully saturated rings.